The zero-order valence-corrected chi connectivity index (χ0v) is 20.7. The van der Waals surface area contributed by atoms with E-state index in [9.17, 15) is 4.79 Å². The number of carbonyl (C=O) groups excluding carboxylic acids is 1. The van der Waals surface area contributed by atoms with E-state index in [2.05, 4.69) is 11.4 Å². The first kappa shape index (κ1) is 24.0. The Morgan fingerprint density at radius 1 is 1.14 bits per heavy atom. The predicted octanol–water partition coefficient (Wildman–Crippen LogP) is 5.40. The van der Waals surface area contributed by atoms with Crippen LogP contribution in [0.15, 0.2) is 48.5 Å². The third kappa shape index (κ3) is 4.05. The van der Waals surface area contributed by atoms with E-state index in [0.717, 1.165) is 11.3 Å². The molecule has 3 heterocycles. The molecule has 2 aromatic rings. The van der Waals surface area contributed by atoms with Gasteiger partial charge in [-0.2, -0.15) is 0 Å². The summed E-state index contributed by atoms with van der Waals surface area (Å²) >= 11 is 6.01. The number of rotatable bonds is 6. The molecule has 3 aliphatic heterocycles. The van der Waals surface area contributed by atoms with Crippen molar-refractivity contribution in [3.8, 4) is 18.3 Å². The van der Waals surface area contributed by atoms with Gasteiger partial charge in [0.25, 0.3) is 0 Å². The van der Waals surface area contributed by atoms with E-state index < -0.39 is 22.8 Å². The summed E-state index contributed by atoms with van der Waals surface area (Å²) in [6.45, 7) is 6.10. The van der Waals surface area contributed by atoms with E-state index >= 15 is 0 Å². The fraction of sp³-hybridized carbons (Fsp3) is 0.444. The normalized spacial score (nSPS) is 35.1. The summed E-state index contributed by atoms with van der Waals surface area (Å²) in [6.07, 6.45) is 8.08. The van der Waals surface area contributed by atoms with Crippen molar-refractivity contribution >= 4 is 23.2 Å². The number of nitrogens with one attached hydrogen (secondary N) is 1. The number of terminal acetylenes is 1. The van der Waals surface area contributed by atoms with Crippen molar-refractivity contribution in [3.63, 3.8) is 0 Å². The highest BCUT2D eigenvalue weighted by atomic mass is 35.5. The van der Waals surface area contributed by atoms with Crippen molar-refractivity contribution in [2.24, 2.45) is 5.41 Å². The monoisotopic (exact) mass is 497 g/mol. The number of carbonyl (C=O) groups is 1. The van der Waals surface area contributed by atoms with Crippen molar-refractivity contribution in [1.29, 1.82) is 0 Å². The molecule has 2 aromatic carbocycles. The van der Waals surface area contributed by atoms with Crippen LogP contribution in [0, 0.1) is 17.9 Å². The van der Waals surface area contributed by atoms with Gasteiger partial charge in [0, 0.05) is 36.9 Å². The largest absolute Gasteiger partial charge is 0.494 e. The second kappa shape index (κ2) is 8.42. The first-order valence-electron chi connectivity index (χ1n) is 11.7. The van der Waals surface area contributed by atoms with Crippen LogP contribution in [0.2, 0.25) is 5.02 Å². The Labute approximate surface area is 210 Å². The molecular formula is C27H28ClNO6. The van der Waals surface area contributed by atoms with E-state index in [1.807, 2.05) is 38.1 Å². The van der Waals surface area contributed by atoms with Gasteiger partial charge >= 0.3 is 0 Å². The van der Waals surface area contributed by atoms with Crippen molar-refractivity contribution in [3.05, 3.63) is 59.1 Å². The third-order valence-corrected chi connectivity index (χ3v) is 7.21. The fourth-order valence-electron chi connectivity index (χ4n) is 5.78. The number of hydrogen-bond donors (Lipinski definition) is 1. The Morgan fingerprint density at radius 2 is 1.86 bits per heavy atom. The number of amides is 1. The van der Waals surface area contributed by atoms with Crippen molar-refractivity contribution in [2.75, 3.05) is 11.9 Å². The molecule has 1 spiro atoms. The summed E-state index contributed by atoms with van der Waals surface area (Å²) in [6, 6.07) is 14.7. The molecule has 1 amide bonds. The van der Waals surface area contributed by atoms with Gasteiger partial charge in [-0.25, -0.2) is 0 Å². The topological polar surface area (TPSA) is 75.3 Å². The fourth-order valence-corrected chi connectivity index (χ4v) is 5.90. The van der Waals surface area contributed by atoms with Crippen molar-refractivity contribution in [2.45, 2.75) is 63.5 Å². The maximum absolute atomic E-state index is 14.0. The Balaban J connectivity index is 1.51. The maximum Gasteiger partial charge on any atom is 0.236 e. The molecule has 3 fully saturated rings. The molecule has 184 valence electrons. The third-order valence-electron chi connectivity index (χ3n) is 6.96. The van der Waals surface area contributed by atoms with Crippen LogP contribution in [-0.4, -0.2) is 29.9 Å². The molecule has 5 rings (SSSR count). The number of hydrogen-bond acceptors (Lipinski definition) is 6. The standard InChI is InChI=1S/C27H28ClNO6/c1-5-31-21-13-7-18(8-14-21)22-15-27-26(17-25(4,33-22)35-27,16-24(3,34-27)32-6-2)23(30)29-20-11-9-19(28)10-12-20/h2,7-14,22H,5,15-17H2,1,3-4H3,(H,29,30)/t22-,24+,25-,26+,27-/m0/s1. The first-order chi connectivity index (χ1) is 16.6. The Morgan fingerprint density at radius 3 is 2.51 bits per heavy atom. The van der Waals surface area contributed by atoms with Crippen molar-refractivity contribution < 1.29 is 28.5 Å². The van der Waals surface area contributed by atoms with Gasteiger partial charge in [-0.15, -0.1) is 0 Å². The lowest BCUT2D eigenvalue weighted by atomic mass is 9.72. The summed E-state index contributed by atoms with van der Waals surface area (Å²) in [7, 11) is 0. The zero-order valence-electron chi connectivity index (χ0n) is 19.9. The smallest absolute Gasteiger partial charge is 0.236 e. The Bertz CT molecular complexity index is 1160. The predicted molar refractivity (Wildman–Crippen MR) is 129 cm³/mol. The van der Waals surface area contributed by atoms with E-state index in [-0.39, 0.29) is 31.3 Å². The van der Waals surface area contributed by atoms with Crippen LogP contribution < -0.4 is 10.1 Å². The lowest BCUT2D eigenvalue weighted by Gasteiger charge is -2.43. The lowest BCUT2D eigenvalue weighted by molar-refractivity contribution is -0.399. The van der Waals surface area contributed by atoms with E-state index in [4.69, 9.17) is 41.7 Å². The Hall–Kier alpha value is -2.76. The number of benzene rings is 2. The van der Waals surface area contributed by atoms with Crippen molar-refractivity contribution in [1.82, 2.24) is 0 Å². The van der Waals surface area contributed by atoms with Gasteiger partial charge in [-0.05, 0) is 55.8 Å². The highest BCUT2D eigenvalue weighted by Gasteiger charge is 2.79. The quantitative estimate of drug-likeness (QED) is 0.538. The minimum atomic E-state index is -1.30. The van der Waals surface area contributed by atoms with Crippen LogP contribution in [0.3, 0.4) is 0 Å². The van der Waals surface area contributed by atoms with Gasteiger partial charge in [0.2, 0.25) is 11.7 Å². The molecular weight excluding hydrogens is 470 g/mol. The summed E-state index contributed by atoms with van der Waals surface area (Å²) in [5.74, 6) is -3.01. The van der Waals surface area contributed by atoms with E-state index in [1.165, 1.54) is 0 Å². The van der Waals surface area contributed by atoms with Gasteiger partial charge in [0.15, 0.2) is 11.6 Å². The van der Waals surface area contributed by atoms with Gasteiger partial charge in [-0.3, -0.25) is 4.79 Å². The van der Waals surface area contributed by atoms with E-state index in [0.29, 0.717) is 17.3 Å². The molecule has 8 heteroatoms. The molecule has 7 nitrogen and oxygen atoms in total. The highest BCUT2D eigenvalue weighted by molar-refractivity contribution is 6.30. The molecule has 0 aliphatic carbocycles. The lowest BCUT2D eigenvalue weighted by Crippen LogP contribution is -2.52. The van der Waals surface area contributed by atoms with Crippen LogP contribution in [0.25, 0.3) is 0 Å². The molecule has 5 atom stereocenters. The van der Waals surface area contributed by atoms with Gasteiger partial charge in [0.05, 0.1) is 12.7 Å². The van der Waals surface area contributed by atoms with E-state index in [1.54, 1.807) is 31.2 Å². The molecule has 3 aliphatic rings. The van der Waals surface area contributed by atoms with Crippen LogP contribution in [0.5, 0.6) is 5.75 Å². The minimum Gasteiger partial charge on any atom is -0.494 e. The zero-order chi connectivity index (χ0) is 24.9. The second-order valence-corrected chi connectivity index (χ2v) is 10.1. The molecule has 1 N–H and O–H groups in total. The number of ether oxygens (including phenoxy) is 5. The molecule has 0 saturated carbocycles. The highest BCUT2D eigenvalue weighted by Crippen LogP contribution is 2.68. The number of anilines is 1. The molecule has 0 radical (unpaired) electrons. The van der Waals surface area contributed by atoms with Crippen LogP contribution in [-0.2, 0) is 23.7 Å². The first-order valence-corrected chi connectivity index (χ1v) is 12.0. The second-order valence-electron chi connectivity index (χ2n) is 9.65. The molecule has 0 unspecified atom stereocenters. The minimum absolute atomic E-state index is 0.207. The number of halogens is 1. The SMILES string of the molecule is C#CO[C@@]1(C)C[C@]2(C(=O)Nc3ccc(Cl)cc3)C[C@@]3(C)O[C@H](c4ccc(OCC)cc4)C[C@@]2(O3)O1. The van der Waals surface area contributed by atoms with Crippen LogP contribution >= 0.6 is 11.6 Å². The molecule has 3 saturated heterocycles. The average Bonchev–Trinajstić information content (AvgIpc) is 3.12. The number of fused-ring (bicyclic) bond motifs is 1. The molecule has 0 aromatic heterocycles. The average molecular weight is 498 g/mol. The summed E-state index contributed by atoms with van der Waals surface area (Å²) in [4.78, 5) is 14.0. The summed E-state index contributed by atoms with van der Waals surface area (Å²) in [5.41, 5.74) is 0.449. The van der Waals surface area contributed by atoms with Crippen LogP contribution in [0.1, 0.15) is 51.7 Å². The molecule has 2 bridgehead atoms. The van der Waals surface area contributed by atoms with Gasteiger partial charge in [-0.1, -0.05) is 30.2 Å². The summed E-state index contributed by atoms with van der Waals surface area (Å²) < 4.78 is 30.4. The molecule has 35 heavy (non-hydrogen) atoms. The Kier molecular flexibility index (Phi) is 5.77. The van der Waals surface area contributed by atoms with Crippen LogP contribution in [0.4, 0.5) is 5.69 Å². The van der Waals surface area contributed by atoms with Gasteiger partial charge < -0.3 is 29.0 Å². The summed E-state index contributed by atoms with van der Waals surface area (Å²) in [5, 5.41) is 3.60. The van der Waals surface area contributed by atoms with Gasteiger partial charge in [0.1, 0.15) is 17.3 Å². The maximum atomic E-state index is 14.0.